The lowest BCUT2D eigenvalue weighted by molar-refractivity contribution is 0.289. The molecule has 0 amide bonds. The predicted molar refractivity (Wildman–Crippen MR) is 106 cm³/mol. The van der Waals surface area contributed by atoms with Crippen LogP contribution in [0.3, 0.4) is 0 Å². The zero-order chi connectivity index (χ0) is 20.5. The fourth-order valence-corrected chi connectivity index (χ4v) is 4.12. The number of aromatic nitrogens is 1. The summed E-state index contributed by atoms with van der Waals surface area (Å²) in [7, 11) is 3.09. The molecule has 9 heteroatoms. The second-order valence-electron chi connectivity index (χ2n) is 6.63. The van der Waals surface area contributed by atoms with Crippen molar-refractivity contribution in [2.75, 3.05) is 27.7 Å². The van der Waals surface area contributed by atoms with Gasteiger partial charge in [-0.3, -0.25) is 4.57 Å². The number of oxazole rings is 1. The van der Waals surface area contributed by atoms with Crippen LogP contribution < -0.4 is 15.2 Å². The number of aryl methyl sites for hydroxylation is 1. The highest BCUT2D eigenvalue weighted by molar-refractivity contribution is 7.89. The number of hydrogen-bond acceptors (Lipinski definition) is 6. The Labute approximate surface area is 163 Å². The first kappa shape index (κ1) is 20.1. The normalized spacial score (nSPS) is 13.2. The van der Waals surface area contributed by atoms with E-state index in [2.05, 4.69) is 4.72 Å². The van der Waals surface area contributed by atoms with Gasteiger partial charge < -0.3 is 14.1 Å². The SMILES string of the molecule is COc1ccccc1[C@@H](CNS(=O)(=O)c1ccc2c(c1)oc(=O)n2C)N(C)C. The minimum atomic E-state index is -3.80. The zero-order valence-electron chi connectivity index (χ0n) is 16.2. The van der Waals surface area contributed by atoms with E-state index in [9.17, 15) is 13.2 Å². The van der Waals surface area contributed by atoms with Crippen LogP contribution in [0.1, 0.15) is 11.6 Å². The third kappa shape index (κ3) is 3.82. The number of benzene rings is 2. The molecule has 150 valence electrons. The molecule has 0 saturated carbocycles. The molecule has 1 heterocycles. The second kappa shape index (κ2) is 7.78. The second-order valence-corrected chi connectivity index (χ2v) is 8.40. The smallest absolute Gasteiger partial charge is 0.419 e. The summed E-state index contributed by atoms with van der Waals surface area (Å²) in [5.41, 5.74) is 1.63. The summed E-state index contributed by atoms with van der Waals surface area (Å²) in [5.74, 6) is 0.147. The number of nitrogens with zero attached hydrogens (tertiary/aromatic N) is 2. The first-order chi connectivity index (χ1) is 13.2. The standard InChI is InChI=1S/C19H23N3O5S/c1-21(2)16(14-7-5-6-8-17(14)26-4)12-20-28(24,25)13-9-10-15-18(11-13)27-19(23)22(15)3/h5-11,16,20H,12H2,1-4H3/t16-/m1/s1. The predicted octanol–water partition coefficient (Wildman–Crippen LogP) is 1.72. The van der Waals surface area contributed by atoms with Crippen LogP contribution in [0.15, 0.2) is 56.6 Å². The van der Waals surface area contributed by atoms with Crippen molar-refractivity contribution in [1.82, 2.24) is 14.2 Å². The van der Waals surface area contributed by atoms with E-state index < -0.39 is 15.8 Å². The van der Waals surface area contributed by atoms with Crippen LogP contribution in [0.4, 0.5) is 0 Å². The van der Waals surface area contributed by atoms with Crippen molar-refractivity contribution < 1.29 is 17.6 Å². The van der Waals surface area contributed by atoms with Crippen LogP contribution >= 0.6 is 0 Å². The molecular formula is C19H23N3O5S. The molecule has 0 fully saturated rings. The first-order valence-electron chi connectivity index (χ1n) is 8.63. The Morgan fingerprint density at radius 1 is 1.21 bits per heavy atom. The van der Waals surface area contributed by atoms with E-state index in [4.69, 9.17) is 9.15 Å². The molecule has 0 saturated heterocycles. The monoisotopic (exact) mass is 405 g/mol. The van der Waals surface area contributed by atoms with Gasteiger partial charge in [0.25, 0.3) is 0 Å². The lowest BCUT2D eigenvalue weighted by Gasteiger charge is -2.26. The van der Waals surface area contributed by atoms with Gasteiger partial charge in [0.15, 0.2) is 5.58 Å². The first-order valence-corrected chi connectivity index (χ1v) is 10.1. The Kier molecular flexibility index (Phi) is 5.59. The largest absolute Gasteiger partial charge is 0.496 e. The van der Waals surface area contributed by atoms with Gasteiger partial charge in [0.2, 0.25) is 10.0 Å². The number of fused-ring (bicyclic) bond motifs is 1. The highest BCUT2D eigenvalue weighted by Gasteiger charge is 2.23. The average Bonchev–Trinajstić information content (AvgIpc) is 2.95. The zero-order valence-corrected chi connectivity index (χ0v) is 17.0. The van der Waals surface area contributed by atoms with Gasteiger partial charge in [-0.25, -0.2) is 17.9 Å². The van der Waals surface area contributed by atoms with Gasteiger partial charge >= 0.3 is 5.76 Å². The van der Waals surface area contributed by atoms with Gasteiger partial charge in [0.1, 0.15) is 5.75 Å². The maximum absolute atomic E-state index is 12.8. The van der Waals surface area contributed by atoms with Crippen molar-refractivity contribution in [1.29, 1.82) is 0 Å². The number of likely N-dealkylation sites (N-methyl/N-ethyl adjacent to an activating group) is 1. The quantitative estimate of drug-likeness (QED) is 0.643. The van der Waals surface area contributed by atoms with Crippen LogP contribution in [-0.2, 0) is 17.1 Å². The number of hydrogen-bond donors (Lipinski definition) is 1. The number of rotatable bonds is 7. The van der Waals surface area contributed by atoms with Crippen LogP contribution in [0.2, 0.25) is 0 Å². The third-order valence-electron chi connectivity index (χ3n) is 4.66. The lowest BCUT2D eigenvalue weighted by atomic mass is 10.1. The number of para-hydroxylation sites is 1. The summed E-state index contributed by atoms with van der Waals surface area (Å²) < 4.78 is 40.0. The molecule has 0 aliphatic heterocycles. The number of nitrogens with one attached hydrogen (secondary N) is 1. The van der Waals surface area contributed by atoms with Crippen LogP contribution in [0, 0.1) is 0 Å². The Balaban J connectivity index is 1.88. The van der Waals surface area contributed by atoms with E-state index in [-0.39, 0.29) is 23.1 Å². The fraction of sp³-hybridized carbons (Fsp3) is 0.316. The molecule has 28 heavy (non-hydrogen) atoms. The third-order valence-corrected chi connectivity index (χ3v) is 6.08. The highest BCUT2D eigenvalue weighted by atomic mass is 32.2. The minimum Gasteiger partial charge on any atom is -0.496 e. The summed E-state index contributed by atoms with van der Waals surface area (Å²) in [5, 5.41) is 0. The van der Waals surface area contributed by atoms with Gasteiger partial charge in [-0.1, -0.05) is 18.2 Å². The van der Waals surface area contributed by atoms with E-state index in [1.807, 2.05) is 43.3 Å². The fourth-order valence-electron chi connectivity index (χ4n) is 3.07. The molecule has 0 spiro atoms. The molecule has 0 radical (unpaired) electrons. The molecule has 3 rings (SSSR count). The molecule has 0 bridgehead atoms. The van der Waals surface area contributed by atoms with Crippen molar-refractivity contribution in [3.8, 4) is 5.75 Å². The summed E-state index contributed by atoms with van der Waals surface area (Å²) in [6.07, 6.45) is 0. The maximum atomic E-state index is 12.8. The van der Waals surface area contributed by atoms with Crippen molar-refractivity contribution in [3.63, 3.8) is 0 Å². The lowest BCUT2D eigenvalue weighted by Crippen LogP contribution is -2.34. The van der Waals surface area contributed by atoms with E-state index >= 15 is 0 Å². The van der Waals surface area contributed by atoms with Crippen molar-refractivity contribution in [3.05, 3.63) is 58.6 Å². The summed E-state index contributed by atoms with van der Waals surface area (Å²) in [4.78, 5) is 13.6. The molecule has 1 aromatic heterocycles. The molecule has 0 unspecified atom stereocenters. The van der Waals surface area contributed by atoms with Gasteiger partial charge in [0.05, 0.1) is 23.6 Å². The Morgan fingerprint density at radius 3 is 2.61 bits per heavy atom. The molecule has 0 aliphatic rings. The van der Waals surface area contributed by atoms with Crippen LogP contribution in [0.5, 0.6) is 5.75 Å². The van der Waals surface area contributed by atoms with Crippen LogP contribution in [0.25, 0.3) is 11.1 Å². The van der Waals surface area contributed by atoms with Crippen molar-refractivity contribution in [2.45, 2.75) is 10.9 Å². The van der Waals surface area contributed by atoms with E-state index in [0.29, 0.717) is 11.3 Å². The summed E-state index contributed by atoms with van der Waals surface area (Å²) >= 11 is 0. The Bertz CT molecular complexity index is 1150. The molecule has 0 aliphatic carbocycles. The van der Waals surface area contributed by atoms with E-state index in [1.165, 1.54) is 16.7 Å². The van der Waals surface area contributed by atoms with E-state index in [0.717, 1.165) is 5.56 Å². The number of ether oxygens (including phenoxy) is 1. The number of methoxy groups -OCH3 is 1. The summed E-state index contributed by atoms with van der Waals surface area (Å²) in [6, 6.07) is 11.6. The van der Waals surface area contributed by atoms with Gasteiger partial charge in [-0.05, 0) is 32.3 Å². The maximum Gasteiger partial charge on any atom is 0.419 e. The van der Waals surface area contributed by atoms with E-state index in [1.54, 1.807) is 20.2 Å². The van der Waals surface area contributed by atoms with Gasteiger partial charge in [-0.2, -0.15) is 0 Å². The summed E-state index contributed by atoms with van der Waals surface area (Å²) in [6.45, 7) is 0.145. The molecule has 2 aromatic carbocycles. The average molecular weight is 405 g/mol. The van der Waals surface area contributed by atoms with Gasteiger partial charge in [-0.15, -0.1) is 0 Å². The van der Waals surface area contributed by atoms with Crippen molar-refractivity contribution >= 4 is 21.1 Å². The Morgan fingerprint density at radius 2 is 1.93 bits per heavy atom. The highest BCUT2D eigenvalue weighted by Crippen LogP contribution is 2.28. The topological polar surface area (TPSA) is 93.8 Å². The molecule has 3 aromatic rings. The molecule has 8 nitrogen and oxygen atoms in total. The Hall–Kier alpha value is -2.62. The minimum absolute atomic E-state index is 0.0342. The molecular weight excluding hydrogens is 382 g/mol. The number of sulfonamides is 1. The molecule has 1 N–H and O–H groups in total. The van der Waals surface area contributed by atoms with Gasteiger partial charge in [0, 0.05) is 25.2 Å². The molecule has 1 atom stereocenters. The van der Waals surface area contributed by atoms with Crippen LogP contribution in [-0.4, -0.2) is 45.6 Å². The van der Waals surface area contributed by atoms with Crippen molar-refractivity contribution in [2.24, 2.45) is 7.05 Å².